The summed E-state index contributed by atoms with van der Waals surface area (Å²) < 4.78 is 6.84. The molecule has 0 bridgehead atoms. The normalized spacial score (nSPS) is 36.6. The second-order valence-electron chi connectivity index (χ2n) is 9.88. The number of fused-ring (bicyclic) bond motifs is 2. The molecule has 2 saturated heterocycles. The maximum absolute atomic E-state index is 14.0. The van der Waals surface area contributed by atoms with Gasteiger partial charge in [0.15, 0.2) is 0 Å². The molecule has 4 aliphatic rings. The first kappa shape index (κ1) is 24.0. The third-order valence-corrected chi connectivity index (χ3v) is 7.97. The van der Waals surface area contributed by atoms with Gasteiger partial charge in [0.2, 0.25) is 17.7 Å². The van der Waals surface area contributed by atoms with Gasteiger partial charge in [0.1, 0.15) is 11.6 Å². The highest BCUT2D eigenvalue weighted by atomic mass is 16.5. The highest BCUT2D eigenvalue weighted by molar-refractivity contribution is 6.00. The first-order chi connectivity index (χ1) is 15.8. The number of carbonyl (C=O) groups excluding carboxylic acids is 3. The monoisotopic (exact) mass is 459 g/mol. The van der Waals surface area contributed by atoms with Crippen LogP contribution in [-0.2, 0) is 19.1 Å². The predicted molar refractivity (Wildman–Crippen MR) is 123 cm³/mol. The minimum absolute atomic E-state index is 0.0239. The molecule has 0 aromatic carbocycles. The second kappa shape index (κ2) is 8.87. The van der Waals surface area contributed by atoms with Crippen LogP contribution >= 0.6 is 0 Å². The third kappa shape index (κ3) is 3.44. The van der Waals surface area contributed by atoms with E-state index in [2.05, 4.69) is 6.92 Å². The molecule has 2 fully saturated rings. The maximum Gasteiger partial charge on any atom is 0.249 e. The van der Waals surface area contributed by atoms with Gasteiger partial charge >= 0.3 is 0 Å². The van der Waals surface area contributed by atoms with Crippen LogP contribution in [0, 0.1) is 11.8 Å². The molecule has 4 heterocycles. The maximum atomic E-state index is 14.0. The molecule has 33 heavy (non-hydrogen) atoms. The predicted octanol–water partition coefficient (Wildman–Crippen LogP) is 1.35. The van der Waals surface area contributed by atoms with E-state index < -0.39 is 29.1 Å². The van der Waals surface area contributed by atoms with E-state index in [1.807, 2.05) is 43.1 Å². The number of ether oxygens (including phenoxy) is 1. The van der Waals surface area contributed by atoms with Gasteiger partial charge in [-0.05, 0) is 26.2 Å². The van der Waals surface area contributed by atoms with Gasteiger partial charge in [-0.2, -0.15) is 0 Å². The summed E-state index contributed by atoms with van der Waals surface area (Å²) in [5.41, 5.74) is -2.14. The summed E-state index contributed by atoms with van der Waals surface area (Å²) in [5.74, 6) is -1.96. The fourth-order valence-electron chi connectivity index (χ4n) is 6.35. The van der Waals surface area contributed by atoms with E-state index >= 15 is 0 Å². The lowest BCUT2D eigenvalue weighted by atomic mass is 9.73. The molecule has 8 nitrogen and oxygen atoms in total. The van der Waals surface area contributed by atoms with Gasteiger partial charge in [-0.3, -0.25) is 14.4 Å². The first-order valence-corrected chi connectivity index (χ1v) is 12.3. The number of carbonyl (C=O) groups is 3. The molecule has 1 N–H and O–H groups in total. The van der Waals surface area contributed by atoms with Crippen LogP contribution in [0.2, 0.25) is 0 Å². The van der Waals surface area contributed by atoms with Crippen LogP contribution in [0.4, 0.5) is 0 Å². The summed E-state index contributed by atoms with van der Waals surface area (Å²) in [7, 11) is 1.74. The molecule has 4 aliphatic heterocycles. The van der Waals surface area contributed by atoms with Gasteiger partial charge in [-0.25, -0.2) is 0 Å². The molecule has 4 rings (SSSR count). The summed E-state index contributed by atoms with van der Waals surface area (Å²) in [4.78, 5) is 46.6. The van der Waals surface area contributed by atoms with Crippen molar-refractivity contribution in [3.63, 3.8) is 0 Å². The van der Waals surface area contributed by atoms with Crippen LogP contribution in [0.1, 0.15) is 46.5 Å². The number of nitrogens with zero attached hydrogens (tertiary/aromatic N) is 3. The molecule has 0 radical (unpaired) electrons. The molecule has 0 saturated carbocycles. The van der Waals surface area contributed by atoms with E-state index in [9.17, 15) is 19.5 Å². The number of hydrogen-bond donors (Lipinski definition) is 1. The Morgan fingerprint density at radius 1 is 1.09 bits per heavy atom. The van der Waals surface area contributed by atoms with Crippen LogP contribution in [-0.4, -0.2) is 94.1 Å². The summed E-state index contributed by atoms with van der Waals surface area (Å²) in [6, 6.07) is -0.822. The number of aliphatic hydroxyl groups is 1. The molecule has 1 spiro atoms. The lowest BCUT2D eigenvalue weighted by Gasteiger charge is -2.39. The summed E-state index contributed by atoms with van der Waals surface area (Å²) in [6.45, 7) is 7.17. The van der Waals surface area contributed by atoms with Crippen molar-refractivity contribution in [2.24, 2.45) is 11.8 Å². The van der Waals surface area contributed by atoms with Gasteiger partial charge in [-0.1, -0.05) is 44.6 Å². The molecule has 2 unspecified atom stereocenters. The Kier molecular flexibility index (Phi) is 6.44. The zero-order chi connectivity index (χ0) is 24.0. The lowest BCUT2D eigenvalue weighted by Crippen LogP contribution is -2.57. The van der Waals surface area contributed by atoms with E-state index in [0.717, 1.165) is 12.8 Å². The second-order valence-corrected chi connectivity index (χ2v) is 9.88. The van der Waals surface area contributed by atoms with Crippen molar-refractivity contribution in [3.8, 4) is 0 Å². The highest BCUT2D eigenvalue weighted by Crippen LogP contribution is 2.58. The fraction of sp³-hybridized carbons (Fsp3) is 0.720. The van der Waals surface area contributed by atoms with Crippen molar-refractivity contribution >= 4 is 17.7 Å². The van der Waals surface area contributed by atoms with Crippen molar-refractivity contribution in [1.29, 1.82) is 0 Å². The Balaban J connectivity index is 1.86. The number of amides is 3. The minimum atomic E-state index is -1.21. The van der Waals surface area contributed by atoms with Crippen molar-refractivity contribution in [2.45, 2.75) is 69.7 Å². The zero-order valence-corrected chi connectivity index (χ0v) is 20.2. The highest BCUT2D eigenvalue weighted by Gasteiger charge is 2.75. The SMILES string of the molecule is CCCC(C)N1CC=C[C@]23O[C@@]4(CC)C=CCN(C)C(=O)[C@H]4[C@H]2C(=O)N(CCCO)C3C1=O. The molecule has 6 atom stereocenters. The molecule has 182 valence electrons. The Labute approximate surface area is 196 Å². The number of rotatable bonds is 7. The summed E-state index contributed by atoms with van der Waals surface area (Å²) in [5, 5.41) is 9.47. The number of hydrogen-bond acceptors (Lipinski definition) is 5. The summed E-state index contributed by atoms with van der Waals surface area (Å²) in [6.07, 6.45) is 10.4. The first-order valence-electron chi connectivity index (χ1n) is 12.3. The standard InChI is InChI=1S/C25H37N3O5/c1-5-10-17(3)27-14-8-12-25-19(22(31)28(15-9-16-29)20(25)23(27)32)18-21(30)26(4)13-7-11-24(18,6-2)33-25/h7-8,11-12,17-20,29H,5-6,9-10,13-16H2,1-4H3/t17?,18-,19+,20?,24+,25+/m1/s1. The minimum Gasteiger partial charge on any atom is -0.396 e. The number of aliphatic hydroxyl groups excluding tert-OH is 1. The fourth-order valence-corrected chi connectivity index (χ4v) is 6.35. The number of likely N-dealkylation sites (N-methyl/N-ethyl adjacent to an activating group) is 1. The van der Waals surface area contributed by atoms with Crippen LogP contribution in [0.15, 0.2) is 24.3 Å². The van der Waals surface area contributed by atoms with Gasteiger partial charge in [0, 0.05) is 39.3 Å². The molecule has 0 aromatic rings. The lowest BCUT2D eigenvalue weighted by molar-refractivity contribution is -0.155. The number of likely N-dealkylation sites (tertiary alicyclic amines) is 1. The van der Waals surface area contributed by atoms with Gasteiger partial charge in [0.25, 0.3) is 0 Å². The van der Waals surface area contributed by atoms with E-state index in [1.165, 1.54) is 0 Å². The summed E-state index contributed by atoms with van der Waals surface area (Å²) >= 11 is 0. The molecule has 0 aliphatic carbocycles. The van der Waals surface area contributed by atoms with Gasteiger partial charge in [0.05, 0.1) is 17.4 Å². The van der Waals surface area contributed by atoms with Gasteiger partial charge < -0.3 is 24.5 Å². The van der Waals surface area contributed by atoms with Crippen LogP contribution in [0.3, 0.4) is 0 Å². The smallest absolute Gasteiger partial charge is 0.249 e. The van der Waals surface area contributed by atoms with Crippen molar-refractivity contribution in [2.75, 3.05) is 33.3 Å². The largest absolute Gasteiger partial charge is 0.396 e. The molecule has 0 aromatic heterocycles. The Bertz CT molecular complexity index is 872. The molecule has 3 amide bonds. The van der Waals surface area contributed by atoms with Crippen LogP contribution < -0.4 is 0 Å². The molecular formula is C25H37N3O5. The van der Waals surface area contributed by atoms with E-state index in [-0.39, 0.29) is 36.9 Å². The van der Waals surface area contributed by atoms with Crippen LogP contribution in [0.5, 0.6) is 0 Å². The quantitative estimate of drug-likeness (QED) is 0.581. The van der Waals surface area contributed by atoms with Crippen molar-refractivity contribution in [1.82, 2.24) is 14.7 Å². The van der Waals surface area contributed by atoms with Crippen LogP contribution in [0.25, 0.3) is 0 Å². The van der Waals surface area contributed by atoms with Crippen molar-refractivity contribution in [3.05, 3.63) is 24.3 Å². The van der Waals surface area contributed by atoms with E-state index in [1.54, 1.807) is 16.8 Å². The zero-order valence-electron chi connectivity index (χ0n) is 20.2. The van der Waals surface area contributed by atoms with Crippen molar-refractivity contribution < 1.29 is 24.2 Å². The van der Waals surface area contributed by atoms with E-state index in [0.29, 0.717) is 25.9 Å². The Hall–Kier alpha value is -2.19. The topological polar surface area (TPSA) is 90.4 Å². The Morgan fingerprint density at radius 2 is 1.82 bits per heavy atom. The molecule has 8 heteroatoms. The van der Waals surface area contributed by atoms with E-state index in [4.69, 9.17) is 4.74 Å². The van der Waals surface area contributed by atoms with Gasteiger partial charge in [-0.15, -0.1) is 0 Å². The average molecular weight is 460 g/mol. The average Bonchev–Trinajstić information content (AvgIpc) is 3.08. The molecular weight excluding hydrogens is 422 g/mol. The Morgan fingerprint density at radius 3 is 2.48 bits per heavy atom. The third-order valence-electron chi connectivity index (χ3n) is 7.97.